The highest BCUT2D eigenvalue weighted by Gasteiger charge is 2.21. The molecule has 1 unspecified atom stereocenters. The molecule has 0 aliphatic heterocycles. The zero-order chi connectivity index (χ0) is 22.2. The van der Waals surface area contributed by atoms with Crippen LogP contribution in [0.25, 0.3) is 10.9 Å². The van der Waals surface area contributed by atoms with Crippen molar-refractivity contribution in [2.24, 2.45) is 11.1 Å². The number of H-pyrrole nitrogens is 1. The Hall–Kier alpha value is -3.17. The Balaban J connectivity index is 1.40. The number of hydrogen-bond acceptors (Lipinski definition) is 5. The number of nitrogens with one attached hydrogen (secondary N) is 2. The van der Waals surface area contributed by atoms with Gasteiger partial charge in [-0.05, 0) is 73.2 Å². The van der Waals surface area contributed by atoms with Gasteiger partial charge in [0.05, 0.1) is 10.5 Å². The number of rotatable bonds is 5. The van der Waals surface area contributed by atoms with Crippen molar-refractivity contribution < 1.29 is 22.7 Å². The molecule has 4 N–H and O–H groups in total. The molecule has 0 radical (unpaired) electrons. The van der Waals surface area contributed by atoms with Crippen molar-refractivity contribution in [2.45, 2.75) is 31.1 Å². The summed E-state index contributed by atoms with van der Waals surface area (Å²) in [5, 5.41) is 8.61. The normalized spacial score (nSPS) is 16.0. The summed E-state index contributed by atoms with van der Waals surface area (Å²) >= 11 is 0. The summed E-state index contributed by atoms with van der Waals surface area (Å²) in [7, 11) is -3.80. The Labute approximate surface area is 179 Å². The Morgan fingerprint density at radius 3 is 2.65 bits per heavy atom. The van der Waals surface area contributed by atoms with Crippen LogP contribution in [0.15, 0.2) is 47.4 Å². The summed E-state index contributed by atoms with van der Waals surface area (Å²) in [6.07, 6.45) is 3.12. The molecule has 0 saturated heterocycles. The van der Waals surface area contributed by atoms with Crippen LogP contribution >= 0.6 is 0 Å². The SMILES string of the molecule is CC1CCc2[nH]c3ccc(C(=O)OCC(=O)Nc4ccc(S(N)(=O)=O)cc4)cc3c2C1. The summed E-state index contributed by atoms with van der Waals surface area (Å²) in [5.74, 6) is -0.518. The molecule has 0 bridgehead atoms. The number of primary sulfonamides is 1. The molecule has 0 saturated carbocycles. The molecule has 1 amide bonds. The molecule has 1 heterocycles. The van der Waals surface area contributed by atoms with Gasteiger partial charge in [-0.1, -0.05) is 6.92 Å². The fourth-order valence-corrected chi connectivity index (χ4v) is 4.37. The molecule has 9 heteroatoms. The lowest BCUT2D eigenvalue weighted by atomic mass is 9.87. The third-order valence-electron chi connectivity index (χ3n) is 5.47. The standard InChI is InChI=1S/C22H23N3O5S/c1-13-2-8-19-17(10-13)18-11-14(3-9-20(18)25-19)22(27)30-12-21(26)24-15-4-6-16(7-5-15)31(23,28)29/h3-7,9,11,13,25H,2,8,10,12H2,1H3,(H,24,26)(H2,23,28,29). The number of ether oxygens (including phenoxy) is 1. The fourth-order valence-electron chi connectivity index (χ4n) is 3.86. The molecule has 1 aliphatic rings. The number of aromatic nitrogens is 1. The molecule has 1 atom stereocenters. The fraction of sp³-hybridized carbons (Fsp3) is 0.273. The number of fused-ring (bicyclic) bond motifs is 3. The smallest absolute Gasteiger partial charge is 0.338 e. The van der Waals surface area contributed by atoms with Gasteiger partial charge in [-0.2, -0.15) is 0 Å². The van der Waals surface area contributed by atoms with E-state index in [-0.39, 0.29) is 4.90 Å². The number of anilines is 1. The first kappa shape index (κ1) is 21.1. The van der Waals surface area contributed by atoms with E-state index in [0.717, 1.165) is 30.2 Å². The van der Waals surface area contributed by atoms with Crippen LogP contribution in [0.3, 0.4) is 0 Å². The van der Waals surface area contributed by atoms with E-state index in [0.29, 0.717) is 17.2 Å². The highest BCUT2D eigenvalue weighted by atomic mass is 32.2. The third-order valence-corrected chi connectivity index (χ3v) is 6.40. The number of aromatic amines is 1. The van der Waals surface area contributed by atoms with E-state index in [1.165, 1.54) is 35.5 Å². The first-order valence-electron chi connectivity index (χ1n) is 9.94. The average Bonchev–Trinajstić information content (AvgIpc) is 3.09. The Bertz CT molecular complexity index is 1260. The van der Waals surface area contributed by atoms with Crippen LogP contribution in [0.5, 0.6) is 0 Å². The predicted octanol–water partition coefficient (Wildman–Crippen LogP) is 2.74. The average molecular weight is 442 g/mol. The van der Waals surface area contributed by atoms with Crippen molar-refractivity contribution in [3.05, 3.63) is 59.3 Å². The Morgan fingerprint density at radius 1 is 1.19 bits per heavy atom. The quantitative estimate of drug-likeness (QED) is 0.524. The van der Waals surface area contributed by atoms with Crippen molar-refractivity contribution in [2.75, 3.05) is 11.9 Å². The molecule has 162 valence electrons. The van der Waals surface area contributed by atoms with Gasteiger partial charge >= 0.3 is 5.97 Å². The number of esters is 1. The number of carbonyl (C=O) groups excluding carboxylic acids is 2. The lowest BCUT2D eigenvalue weighted by Gasteiger charge is -2.18. The second kappa shape index (κ2) is 8.16. The molecular weight excluding hydrogens is 418 g/mol. The van der Waals surface area contributed by atoms with Crippen LogP contribution in [0.4, 0.5) is 5.69 Å². The van der Waals surface area contributed by atoms with Gasteiger partial charge < -0.3 is 15.0 Å². The van der Waals surface area contributed by atoms with Crippen LogP contribution in [0.2, 0.25) is 0 Å². The number of hydrogen-bond donors (Lipinski definition) is 3. The summed E-state index contributed by atoms with van der Waals surface area (Å²) in [6.45, 7) is 1.76. The zero-order valence-corrected chi connectivity index (χ0v) is 17.8. The van der Waals surface area contributed by atoms with E-state index in [1.54, 1.807) is 6.07 Å². The predicted molar refractivity (Wildman–Crippen MR) is 116 cm³/mol. The monoisotopic (exact) mass is 441 g/mol. The summed E-state index contributed by atoms with van der Waals surface area (Å²) in [5.41, 5.74) is 4.23. The second-order valence-electron chi connectivity index (χ2n) is 7.88. The van der Waals surface area contributed by atoms with Crippen LogP contribution in [-0.4, -0.2) is 31.9 Å². The van der Waals surface area contributed by atoms with Gasteiger partial charge in [0.15, 0.2) is 6.61 Å². The van der Waals surface area contributed by atoms with Crippen molar-refractivity contribution in [3.8, 4) is 0 Å². The van der Waals surface area contributed by atoms with Gasteiger partial charge in [-0.3, -0.25) is 4.79 Å². The van der Waals surface area contributed by atoms with E-state index < -0.39 is 28.5 Å². The van der Waals surface area contributed by atoms with Crippen molar-refractivity contribution in [3.63, 3.8) is 0 Å². The zero-order valence-electron chi connectivity index (χ0n) is 17.0. The molecule has 4 rings (SSSR count). The van der Waals surface area contributed by atoms with E-state index in [1.807, 2.05) is 12.1 Å². The minimum atomic E-state index is -3.80. The van der Waals surface area contributed by atoms with Crippen LogP contribution in [0.1, 0.15) is 35.0 Å². The first-order valence-corrected chi connectivity index (χ1v) is 11.5. The molecule has 1 aromatic heterocycles. The minimum Gasteiger partial charge on any atom is -0.452 e. The van der Waals surface area contributed by atoms with Crippen LogP contribution in [-0.2, 0) is 32.4 Å². The van der Waals surface area contributed by atoms with Gasteiger partial charge in [0.25, 0.3) is 5.91 Å². The first-order chi connectivity index (χ1) is 14.7. The van der Waals surface area contributed by atoms with E-state index in [2.05, 4.69) is 17.2 Å². The molecule has 8 nitrogen and oxygen atoms in total. The number of carbonyl (C=O) groups is 2. The molecular formula is C22H23N3O5S. The van der Waals surface area contributed by atoms with Gasteiger partial charge in [-0.15, -0.1) is 0 Å². The second-order valence-corrected chi connectivity index (χ2v) is 9.45. The Morgan fingerprint density at radius 2 is 1.94 bits per heavy atom. The maximum atomic E-state index is 12.5. The maximum Gasteiger partial charge on any atom is 0.338 e. The Kier molecular flexibility index (Phi) is 5.55. The van der Waals surface area contributed by atoms with Gasteiger partial charge in [0, 0.05) is 22.3 Å². The third kappa shape index (κ3) is 4.62. The lowest BCUT2D eigenvalue weighted by molar-refractivity contribution is -0.119. The molecule has 3 aromatic rings. The topological polar surface area (TPSA) is 131 Å². The van der Waals surface area contributed by atoms with Crippen molar-refractivity contribution in [1.29, 1.82) is 0 Å². The number of benzene rings is 2. The van der Waals surface area contributed by atoms with E-state index >= 15 is 0 Å². The number of aryl methyl sites for hydroxylation is 1. The van der Waals surface area contributed by atoms with Crippen LogP contribution < -0.4 is 10.5 Å². The number of nitrogens with two attached hydrogens (primary N) is 1. The summed E-state index contributed by atoms with van der Waals surface area (Å²) in [6, 6.07) is 10.7. The van der Waals surface area contributed by atoms with Crippen LogP contribution in [0, 0.1) is 5.92 Å². The minimum absolute atomic E-state index is 0.0614. The largest absolute Gasteiger partial charge is 0.452 e. The van der Waals surface area contributed by atoms with Crippen molar-refractivity contribution in [1.82, 2.24) is 4.98 Å². The van der Waals surface area contributed by atoms with Gasteiger partial charge in [0.2, 0.25) is 10.0 Å². The maximum absolute atomic E-state index is 12.5. The molecule has 2 aromatic carbocycles. The highest BCUT2D eigenvalue weighted by Crippen LogP contribution is 2.32. The van der Waals surface area contributed by atoms with E-state index in [9.17, 15) is 18.0 Å². The molecule has 0 fully saturated rings. The van der Waals surface area contributed by atoms with E-state index in [4.69, 9.17) is 9.88 Å². The van der Waals surface area contributed by atoms with Crippen molar-refractivity contribution >= 4 is 38.5 Å². The number of amides is 1. The summed E-state index contributed by atoms with van der Waals surface area (Å²) < 4.78 is 27.7. The van der Waals surface area contributed by atoms with Gasteiger partial charge in [-0.25, -0.2) is 18.4 Å². The number of sulfonamides is 1. The molecule has 1 aliphatic carbocycles. The van der Waals surface area contributed by atoms with Gasteiger partial charge in [0.1, 0.15) is 0 Å². The molecule has 31 heavy (non-hydrogen) atoms. The highest BCUT2D eigenvalue weighted by molar-refractivity contribution is 7.89. The summed E-state index contributed by atoms with van der Waals surface area (Å²) in [4.78, 5) is 27.9. The lowest BCUT2D eigenvalue weighted by Crippen LogP contribution is -2.21. The molecule has 0 spiro atoms.